The van der Waals surface area contributed by atoms with Crippen molar-refractivity contribution in [1.82, 2.24) is 10.3 Å². The second-order valence-electron chi connectivity index (χ2n) is 3.01. The molecule has 0 aromatic carbocycles. The lowest BCUT2D eigenvalue weighted by Gasteiger charge is -2.19. The van der Waals surface area contributed by atoms with Crippen LogP contribution in [0.2, 0.25) is 0 Å². The first-order chi connectivity index (χ1) is 6.50. The molecule has 1 aliphatic heterocycles. The summed E-state index contributed by atoms with van der Waals surface area (Å²) in [7, 11) is 0. The number of hydrogen-bond acceptors (Lipinski definition) is 4. The SMILES string of the molecule is C=C1N=CN(C(C)C)/N=C(/F)NC1=O. The topological polar surface area (TPSA) is 57.1 Å². The maximum atomic E-state index is 12.9. The Labute approximate surface area is 81.0 Å². The molecular formula is C8H11FN4O. The number of halogens is 1. The van der Waals surface area contributed by atoms with Crippen molar-refractivity contribution in [1.29, 1.82) is 0 Å². The van der Waals surface area contributed by atoms with Gasteiger partial charge in [0.2, 0.25) is 0 Å². The summed E-state index contributed by atoms with van der Waals surface area (Å²) in [6.07, 6.45) is 0.307. The first-order valence-electron chi connectivity index (χ1n) is 4.07. The van der Waals surface area contributed by atoms with E-state index in [0.717, 1.165) is 0 Å². The zero-order chi connectivity index (χ0) is 10.7. The van der Waals surface area contributed by atoms with Crippen LogP contribution >= 0.6 is 0 Å². The van der Waals surface area contributed by atoms with Crippen molar-refractivity contribution in [2.24, 2.45) is 10.1 Å². The molecule has 76 valence electrons. The van der Waals surface area contributed by atoms with Crippen LogP contribution in [0.5, 0.6) is 0 Å². The van der Waals surface area contributed by atoms with E-state index in [1.54, 1.807) is 0 Å². The number of carbonyl (C=O) groups excluding carboxylic acids is 1. The summed E-state index contributed by atoms with van der Waals surface area (Å²) in [5, 5.41) is 6.68. The maximum absolute atomic E-state index is 12.9. The highest BCUT2D eigenvalue weighted by molar-refractivity contribution is 6.04. The number of carbonyl (C=O) groups is 1. The molecule has 0 aromatic heterocycles. The molecule has 5 nitrogen and oxygen atoms in total. The minimum absolute atomic E-state index is 0.0488. The molecule has 0 bridgehead atoms. The normalized spacial score (nSPS) is 21.4. The summed E-state index contributed by atoms with van der Waals surface area (Å²) in [6.45, 7) is 7.00. The third-order valence-electron chi connectivity index (χ3n) is 1.54. The minimum Gasteiger partial charge on any atom is -0.279 e. The van der Waals surface area contributed by atoms with Crippen LogP contribution in [0, 0.1) is 0 Å². The van der Waals surface area contributed by atoms with Gasteiger partial charge in [-0.15, -0.1) is 5.10 Å². The van der Waals surface area contributed by atoms with Crippen LogP contribution in [0.3, 0.4) is 0 Å². The first kappa shape index (κ1) is 10.4. The summed E-state index contributed by atoms with van der Waals surface area (Å²) in [5.41, 5.74) is -0.0549. The van der Waals surface area contributed by atoms with E-state index in [1.807, 2.05) is 19.2 Å². The first-order valence-corrected chi connectivity index (χ1v) is 4.07. The van der Waals surface area contributed by atoms with Crippen molar-refractivity contribution >= 4 is 18.3 Å². The highest BCUT2D eigenvalue weighted by Gasteiger charge is 2.14. The van der Waals surface area contributed by atoms with Gasteiger partial charge in [0, 0.05) is 6.04 Å². The monoisotopic (exact) mass is 198 g/mol. The highest BCUT2D eigenvalue weighted by Crippen LogP contribution is 2.02. The van der Waals surface area contributed by atoms with E-state index < -0.39 is 12.0 Å². The Morgan fingerprint density at radius 2 is 2.29 bits per heavy atom. The fraction of sp³-hybridized carbons (Fsp3) is 0.375. The fourth-order valence-corrected chi connectivity index (χ4v) is 0.754. The van der Waals surface area contributed by atoms with E-state index >= 15 is 0 Å². The molecule has 0 atom stereocenters. The van der Waals surface area contributed by atoms with Gasteiger partial charge in [0.1, 0.15) is 12.0 Å². The Morgan fingerprint density at radius 3 is 2.86 bits per heavy atom. The summed E-state index contributed by atoms with van der Waals surface area (Å²) in [4.78, 5) is 14.7. The number of nitrogens with one attached hydrogen (secondary N) is 1. The molecule has 1 N–H and O–H groups in total. The van der Waals surface area contributed by atoms with E-state index in [1.165, 1.54) is 11.3 Å². The Kier molecular flexibility index (Phi) is 2.95. The van der Waals surface area contributed by atoms with Gasteiger partial charge < -0.3 is 0 Å². The summed E-state index contributed by atoms with van der Waals surface area (Å²) < 4.78 is 12.9. The van der Waals surface area contributed by atoms with Gasteiger partial charge in [0.05, 0.1) is 0 Å². The Morgan fingerprint density at radius 1 is 1.64 bits per heavy atom. The third-order valence-corrected chi connectivity index (χ3v) is 1.54. The molecule has 0 spiro atoms. The lowest BCUT2D eigenvalue weighted by atomic mass is 10.4. The average molecular weight is 198 g/mol. The van der Waals surface area contributed by atoms with E-state index in [0.29, 0.717) is 0 Å². The van der Waals surface area contributed by atoms with Gasteiger partial charge in [0.25, 0.3) is 5.91 Å². The molecule has 0 fully saturated rings. The molecule has 0 unspecified atom stereocenters. The summed E-state index contributed by atoms with van der Waals surface area (Å²) in [6, 6.07) is -0.0488. The van der Waals surface area contributed by atoms with Crippen LogP contribution < -0.4 is 5.32 Å². The number of hydrazone groups is 1. The molecule has 1 heterocycles. The number of amides is 1. The standard InChI is InChI=1S/C8H11FN4O/c1-5(2)13-4-10-6(3)7(14)11-8(9)12-13/h4-5H,3H2,1-2H3,(H,11,12,14). The molecule has 1 rings (SSSR count). The molecule has 1 amide bonds. The molecule has 6 heteroatoms. The van der Waals surface area contributed by atoms with Crippen molar-refractivity contribution in [2.75, 3.05) is 0 Å². The van der Waals surface area contributed by atoms with Crippen LogP contribution in [0.15, 0.2) is 22.4 Å². The lowest BCUT2D eigenvalue weighted by Crippen LogP contribution is -2.35. The molecule has 0 saturated carbocycles. The van der Waals surface area contributed by atoms with Crippen molar-refractivity contribution in [3.63, 3.8) is 0 Å². The molecule has 1 aliphatic rings. The van der Waals surface area contributed by atoms with Gasteiger partial charge in [-0.05, 0) is 13.8 Å². The third kappa shape index (κ3) is 2.38. The number of hydrogen-bond donors (Lipinski definition) is 1. The van der Waals surface area contributed by atoms with Crippen molar-refractivity contribution in [2.45, 2.75) is 19.9 Å². The van der Waals surface area contributed by atoms with Crippen LogP contribution in [0.4, 0.5) is 4.39 Å². The van der Waals surface area contributed by atoms with Crippen LogP contribution in [-0.2, 0) is 4.79 Å². The van der Waals surface area contributed by atoms with Crippen molar-refractivity contribution < 1.29 is 9.18 Å². The quantitative estimate of drug-likeness (QED) is 0.495. The van der Waals surface area contributed by atoms with E-state index in [2.05, 4.69) is 16.7 Å². The molecule has 0 aliphatic carbocycles. The van der Waals surface area contributed by atoms with Gasteiger partial charge in [-0.3, -0.25) is 10.1 Å². The van der Waals surface area contributed by atoms with Gasteiger partial charge in [0.15, 0.2) is 0 Å². The predicted molar refractivity (Wildman–Crippen MR) is 51.3 cm³/mol. The van der Waals surface area contributed by atoms with Gasteiger partial charge in [-0.1, -0.05) is 6.58 Å². The minimum atomic E-state index is -0.962. The van der Waals surface area contributed by atoms with Crippen molar-refractivity contribution in [3.8, 4) is 0 Å². The molecule has 0 saturated heterocycles. The Hall–Kier alpha value is -1.72. The lowest BCUT2D eigenvalue weighted by molar-refractivity contribution is -0.116. The summed E-state index contributed by atoms with van der Waals surface area (Å²) in [5.74, 6) is -0.689. The fourth-order valence-electron chi connectivity index (χ4n) is 0.754. The average Bonchev–Trinajstić information content (AvgIpc) is 2.09. The van der Waals surface area contributed by atoms with E-state index in [4.69, 9.17) is 0 Å². The number of aliphatic imine (C=N–C) groups is 1. The van der Waals surface area contributed by atoms with E-state index in [9.17, 15) is 9.18 Å². The highest BCUT2D eigenvalue weighted by atomic mass is 19.1. The maximum Gasteiger partial charge on any atom is 0.306 e. The largest absolute Gasteiger partial charge is 0.306 e. The molecular weight excluding hydrogens is 187 g/mol. The second-order valence-corrected chi connectivity index (χ2v) is 3.01. The van der Waals surface area contributed by atoms with Gasteiger partial charge in [-0.25, -0.2) is 10.0 Å². The van der Waals surface area contributed by atoms with Crippen molar-refractivity contribution in [3.05, 3.63) is 12.3 Å². The number of amidine groups is 1. The van der Waals surface area contributed by atoms with Gasteiger partial charge in [-0.2, -0.15) is 4.39 Å². The van der Waals surface area contributed by atoms with Crippen LogP contribution in [0.1, 0.15) is 13.8 Å². The Bertz CT molecular complexity index is 321. The number of rotatable bonds is 1. The zero-order valence-electron chi connectivity index (χ0n) is 7.99. The molecule has 0 radical (unpaired) electrons. The second kappa shape index (κ2) is 3.99. The number of nitrogens with zero attached hydrogens (tertiary/aromatic N) is 3. The van der Waals surface area contributed by atoms with Crippen LogP contribution in [-0.4, -0.2) is 29.4 Å². The van der Waals surface area contributed by atoms with Gasteiger partial charge >= 0.3 is 6.09 Å². The van der Waals surface area contributed by atoms with E-state index in [-0.39, 0.29) is 11.7 Å². The molecule has 14 heavy (non-hydrogen) atoms. The molecule has 0 aromatic rings. The van der Waals surface area contributed by atoms with Crippen LogP contribution in [0.25, 0.3) is 0 Å². The zero-order valence-corrected chi connectivity index (χ0v) is 7.99. The predicted octanol–water partition coefficient (Wildman–Crippen LogP) is 0.609. The summed E-state index contributed by atoms with van der Waals surface area (Å²) >= 11 is 0. The Balaban J connectivity index is 2.93. The smallest absolute Gasteiger partial charge is 0.279 e.